The average Bonchev–Trinajstić information content (AvgIpc) is 4.03. The number of unbranched alkanes of at least 4 members (excludes halogenated alkanes) is 2. The summed E-state index contributed by atoms with van der Waals surface area (Å²) >= 11 is 9.56. The molecule has 5 amide bonds. The lowest BCUT2D eigenvalue weighted by atomic mass is 9.85. The molecular weight excluding hydrogens is 1050 g/mol. The van der Waals surface area contributed by atoms with Crippen LogP contribution in [0.4, 0.5) is 17.3 Å². The number of amides is 5. The maximum atomic E-state index is 14.2. The average molecular weight is 1130 g/mol. The third-order valence-corrected chi connectivity index (χ3v) is 17.4. The highest BCUT2D eigenvalue weighted by atomic mass is 35.5. The second kappa shape index (κ2) is 27.6. The number of aryl methyl sites for hydroxylation is 1. The molecule has 0 aliphatic carbocycles. The van der Waals surface area contributed by atoms with Gasteiger partial charge in [-0.25, -0.2) is 15.0 Å². The van der Waals surface area contributed by atoms with E-state index in [-0.39, 0.29) is 79.2 Å². The van der Waals surface area contributed by atoms with E-state index in [0.29, 0.717) is 39.4 Å². The first-order valence-corrected chi connectivity index (χ1v) is 29.4. The summed E-state index contributed by atoms with van der Waals surface area (Å²) in [6.07, 6.45) is 6.29. The molecule has 0 bridgehead atoms. The summed E-state index contributed by atoms with van der Waals surface area (Å²) in [5.41, 5.74) is 17.0. The van der Waals surface area contributed by atoms with Gasteiger partial charge in [-0.2, -0.15) is 0 Å². The third-order valence-electron chi connectivity index (χ3n) is 14.9. The van der Waals surface area contributed by atoms with Crippen molar-refractivity contribution in [3.8, 4) is 10.4 Å². The van der Waals surface area contributed by atoms with Crippen molar-refractivity contribution in [3.05, 3.63) is 70.5 Å². The molecule has 0 spiro atoms. The first-order chi connectivity index (χ1) is 37.1. The minimum absolute atomic E-state index is 0.0105. The van der Waals surface area contributed by atoms with Crippen LogP contribution in [0.5, 0.6) is 0 Å². The van der Waals surface area contributed by atoms with Crippen molar-refractivity contribution >= 4 is 81.6 Å². The minimum atomic E-state index is -0.877. The highest BCUT2D eigenvalue weighted by Gasteiger charge is 2.45. The summed E-state index contributed by atoms with van der Waals surface area (Å²) in [6.45, 7) is 19.3. The van der Waals surface area contributed by atoms with Crippen LogP contribution in [0.15, 0.2) is 64.1 Å². The number of aliphatic hydroxyl groups excluding tert-OH is 1. The molecule has 424 valence electrons. The Morgan fingerprint density at radius 1 is 0.885 bits per heavy atom. The fourth-order valence-electron chi connectivity index (χ4n) is 9.97. The zero-order valence-corrected chi connectivity index (χ0v) is 48.5. The Bertz CT molecular complexity index is 2690. The van der Waals surface area contributed by atoms with Gasteiger partial charge in [-0.15, -0.1) is 11.3 Å². The summed E-state index contributed by atoms with van der Waals surface area (Å²) in [7, 11) is 0. The molecule has 2 aromatic carbocycles. The van der Waals surface area contributed by atoms with Gasteiger partial charge in [0, 0.05) is 88.5 Å². The van der Waals surface area contributed by atoms with Crippen LogP contribution >= 0.6 is 34.7 Å². The van der Waals surface area contributed by atoms with Gasteiger partial charge in [-0.3, -0.25) is 24.0 Å². The highest BCUT2D eigenvalue weighted by molar-refractivity contribution is 7.99. The Morgan fingerprint density at radius 3 is 2.19 bits per heavy atom. The number of likely N-dealkylation sites (tertiary alicyclic amines) is 1. The van der Waals surface area contributed by atoms with E-state index in [2.05, 4.69) is 57.8 Å². The van der Waals surface area contributed by atoms with E-state index in [0.717, 1.165) is 106 Å². The maximum Gasteiger partial charge on any atom is 0.246 e. The van der Waals surface area contributed by atoms with Crippen LogP contribution in [0.1, 0.15) is 116 Å². The maximum absolute atomic E-state index is 14.2. The van der Waals surface area contributed by atoms with E-state index in [1.54, 1.807) is 29.7 Å². The van der Waals surface area contributed by atoms with Crippen LogP contribution < -0.4 is 37.6 Å². The number of benzene rings is 2. The number of nitrogen functional groups attached to an aromatic ring is 1. The predicted octanol–water partition coefficient (Wildman–Crippen LogP) is 6.39. The number of nitrogens with two attached hydrogens (primary N) is 2. The van der Waals surface area contributed by atoms with Gasteiger partial charge in [0.15, 0.2) is 5.82 Å². The topological polar surface area (TPSA) is 257 Å². The smallest absolute Gasteiger partial charge is 0.246 e. The molecule has 2 aromatic heterocycles. The predicted molar refractivity (Wildman–Crippen MR) is 309 cm³/mol. The van der Waals surface area contributed by atoms with Gasteiger partial charge in [0.2, 0.25) is 29.5 Å². The molecule has 4 atom stereocenters. The summed E-state index contributed by atoms with van der Waals surface area (Å²) in [6, 6.07) is 11.2. The number of carbonyl (C=O) groups is 5. The summed E-state index contributed by atoms with van der Waals surface area (Å²) in [4.78, 5) is 90.4. The highest BCUT2D eigenvalue weighted by Crippen LogP contribution is 2.39. The van der Waals surface area contributed by atoms with Crippen LogP contribution in [0.3, 0.4) is 0 Å². The number of nitrogens with one attached hydrogen (secondary N) is 4. The van der Waals surface area contributed by atoms with E-state index in [1.807, 2.05) is 70.5 Å². The number of β-amino-alcohol motifs (C(OH)–C–C–N with tert-alkyl or cyclic N) is 1. The molecule has 7 rings (SSSR count). The molecule has 3 fully saturated rings. The molecule has 5 heterocycles. The molecule has 3 aliphatic heterocycles. The quantitative estimate of drug-likeness (QED) is 0.0398. The zero-order chi connectivity index (χ0) is 56.1. The Kier molecular flexibility index (Phi) is 21.3. The number of piperazine rings is 1. The van der Waals surface area contributed by atoms with E-state index in [9.17, 15) is 29.1 Å². The number of aliphatic hydroxyl groups is 1. The van der Waals surface area contributed by atoms with Crippen LogP contribution in [0, 0.1) is 12.3 Å². The van der Waals surface area contributed by atoms with E-state index >= 15 is 0 Å². The van der Waals surface area contributed by atoms with Gasteiger partial charge in [-0.1, -0.05) is 74.5 Å². The van der Waals surface area contributed by atoms with Gasteiger partial charge in [0.05, 0.1) is 45.1 Å². The molecule has 9 N–H and O–H groups in total. The molecule has 0 saturated carbocycles. The second-order valence-electron chi connectivity index (χ2n) is 22.4. The number of piperidine rings is 1. The Hall–Kier alpha value is -5.42. The standard InChI is InChI=1S/C56H80ClN13O6S2/c1-36(38-15-17-39(18-16-38)49-37(2)62-35-77-49)63-52(75)42-32-40(71)34-70(42)54(76)50(55(3,4)5)66-46(73)14-7-9-24-67-28-30-68(31-29-67)25-10-8-23-60-45(72)19-20-47(74)64-41-12-11-13-43(48(41)57)78-53-51(58)65-44(33-61-53)69-26-21-56(6,59)22-27-69/h11-13,15-18,33,35-36,40,42,50,71H,7-10,14,19-32,34,59H2,1-6H3,(H2,58,65)(H,60,72)(H,63,75)(H,64,74)(H,66,73). The van der Waals surface area contributed by atoms with Crippen LogP contribution in [-0.2, 0) is 24.0 Å². The summed E-state index contributed by atoms with van der Waals surface area (Å²) in [5.74, 6) is -0.434. The fourth-order valence-corrected chi connectivity index (χ4v) is 11.9. The molecule has 78 heavy (non-hydrogen) atoms. The summed E-state index contributed by atoms with van der Waals surface area (Å²) < 4.78 is 0. The number of hydrogen-bond donors (Lipinski definition) is 7. The normalized spacial score (nSPS) is 18.8. The lowest BCUT2D eigenvalue weighted by molar-refractivity contribution is -0.144. The number of nitrogens with zero attached hydrogens (tertiary/aromatic N) is 7. The number of rotatable bonds is 23. The zero-order valence-electron chi connectivity index (χ0n) is 46.1. The van der Waals surface area contributed by atoms with E-state index < -0.39 is 23.6 Å². The number of aromatic nitrogens is 3. The monoisotopic (exact) mass is 1130 g/mol. The Morgan fingerprint density at radius 2 is 1.55 bits per heavy atom. The van der Waals surface area contributed by atoms with E-state index in [4.69, 9.17) is 23.1 Å². The Labute approximate surface area is 472 Å². The van der Waals surface area contributed by atoms with Crippen molar-refractivity contribution in [2.24, 2.45) is 11.1 Å². The number of anilines is 3. The van der Waals surface area contributed by atoms with Gasteiger partial charge in [0.25, 0.3) is 0 Å². The molecule has 19 nitrogen and oxygen atoms in total. The van der Waals surface area contributed by atoms with Gasteiger partial charge >= 0.3 is 0 Å². The molecule has 4 unspecified atom stereocenters. The third kappa shape index (κ3) is 17.0. The lowest BCUT2D eigenvalue weighted by Crippen LogP contribution is -2.57. The van der Waals surface area contributed by atoms with E-state index in [1.165, 1.54) is 16.7 Å². The van der Waals surface area contributed by atoms with Crippen molar-refractivity contribution in [1.29, 1.82) is 0 Å². The number of thiazole rings is 1. The molecule has 0 radical (unpaired) electrons. The van der Waals surface area contributed by atoms with Crippen molar-refractivity contribution in [2.45, 2.75) is 145 Å². The van der Waals surface area contributed by atoms with Crippen LogP contribution in [0.25, 0.3) is 10.4 Å². The number of hydrogen-bond acceptors (Lipinski definition) is 16. The van der Waals surface area contributed by atoms with Gasteiger partial charge in [0.1, 0.15) is 22.9 Å². The van der Waals surface area contributed by atoms with Crippen molar-refractivity contribution in [1.82, 2.24) is 45.6 Å². The lowest BCUT2D eigenvalue weighted by Gasteiger charge is -2.37. The summed E-state index contributed by atoms with van der Waals surface area (Å²) in [5, 5.41) is 23.4. The fraction of sp³-hybridized carbons (Fsp3) is 0.571. The molecule has 4 aromatic rings. The first-order valence-electron chi connectivity index (χ1n) is 27.4. The number of carbonyl (C=O) groups excluding carboxylic acids is 5. The SMILES string of the molecule is Cc1ncsc1-c1ccc(C(C)NC(=O)C2CC(O)CN2C(=O)C(NC(=O)CCCCN2CCN(CCCCNC(=O)CCC(=O)Nc3cccc(Sc4ncc(N5CCC(C)(N)CC5)nc4N)c3Cl)CC2)C(C)(C)C)cc1. The van der Waals surface area contributed by atoms with Crippen LogP contribution in [-0.4, -0.2) is 153 Å². The largest absolute Gasteiger partial charge is 0.391 e. The second-order valence-corrected chi connectivity index (χ2v) is 24.7. The molecule has 3 aliphatic rings. The van der Waals surface area contributed by atoms with Crippen LogP contribution in [0.2, 0.25) is 5.02 Å². The van der Waals surface area contributed by atoms with Crippen molar-refractivity contribution in [3.63, 3.8) is 0 Å². The molecule has 3 saturated heterocycles. The Balaban J connectivity index is 0.736. The van der Waals surface area contributed by atoms with Crippen molar-refractivity contribution < 1.29 is 29.1 Å². The van der Waals surface area contributed by atoms with Gasteiger partial charge in [-0.05, 0) is 101 Å². The van der Waals surface area contributed by atoms with Gasteiger partial charge < -0.3 is 57.4 Å². The molecular formula is C56H80ClN13O6S2. The minimum Gasteiger partial charge on any atom is -0.391 e. The number of halogens is 1. The molecule has 22 heteroatoms. The van der Waals surface area contributed by atoms with Crippen molar-refractivity contribution in [2.75, 3.05) is 81.4 Å². The first kappa shape index (κ1) is 60.2.